The summed E-state index contributed by atoms with van der Waals surface area (Å²) in [4.78, 5) is 11.7. The van der Waals surface area contributed by atoms with E-state index in [0.717, 1.165) is 43.9 Å². The molecule has 0 unspecified atom stereocenters. The number of benzene rings is 2. The molecule has 1 aliphatic heterocycles. The van der Waals surface area contributed by atoms with Crippen LogP contribution in [-0.2, 0) is 17.7 Å². The first kappa shape index (κ1) is 18.9. The van der Waals surface area contributed by atoms with Crippen LogP contribution in [0.1, 0.15) is 28.5 Å². The van der Waals surface area contributed by atoms with Crippen LogP contribution in [0, 0.1) is 0 Å². The van der Waals surface area contributed by atoms with Crippen LogP contribution in [-0.4, -0.2) is 34.6 Å². The fraction of sp³-hybridized carbons (Fsp3) is 0.231. The molecule has 1 saturated heterocycles. The van der Waals surface area contributed by atoms with Crippen molar-refractivity contribution in [1.29, 1.82) is 0 Å². The summed E-state index contributed by atoms with van der Waals surface area (Å²) in [7, 11) is 0. The van der Waals surface area contributed by atoms with Crippen LogP contribution in [0.15, 0.2) is 85.2 Å². The molecule has 0 saturated carbocycles. The van der Waals surface area contributed by atoms with Gasteiger partial charge in [-0.15, -0.1) is 0 Å². The van der Waals surface area contributed by atoms with Crippen molar-refractivity contribution < 1.29 is 4.74 Å². The number of pyridine rings is 2. The van der Waals surface area contributed by atoms with Gasteiger partial charge in [0.2, 0.25) is 0 Å². The smallest absolute Gasteiger partial charge is 0.112 e. The lowest BCUT2D eigenvalue weighted by Gasteiger charge is -2.33. The second-order valence-corrected chi connectivity index (χ2v) is 7.84. The molecule has 150 valence electrons. The van der Waals surface area contributed by atoms with E-state index in [1.807, 2.05) is 24.5 Å². The van der Waals surface area contributed by atoms with Crippen LogP contribution in [0.5, 0.6) is 0 Å². The summed E-state index contributed by atoms with van der Waals surface area (Å²) in [6.45, 7) is 3.40. The minimum absolute atomic E-state index is 0.0117. The molecule has 5 rings (SSSR count). The average Bonchev–Trinajstić information content (AvgIpc) is 2.81. The van der Waals surface area contributed by atoms with E-state index in [2.05, 4.69) is 70.5 Å². The monoisotopic (exact) mass is 395 g/mol. The summed E-state index contributed by atoms with van der Waals surface area (Å²) >= 11 is 0. The van der Waals surface area contributed by atoms with Gasteiger partial charge in [-0.1, -0.05) is 54.6 Å². The number of para-hydroxylation sites is 1. The molecular formula is C26H25N3O. The topological polar surface area (TPSA) is 38.2 Å². The Bertz CT molecular complexity index is 1110. The van der Waals surface area contributed by atoms with Crippen molar-refractivity contribution in [2.45, 2.75) is 19.1 Å². The lowest BCUT2D eigenvalue weighted by Crippen LogP contribution is -2.38. The number of hydrogen-bond donors (Lipinski definition) is 0. The molecule has 30 heavy (non-hydrogen) atoms. The van der Waals surface area contributed by atoms with Crippen molar-refractivity contribution >= 4 is 10.9 Å². The summed E-state index contributed by atoms with van der Waals surface area (Å²) in [5.74, 6) is 0. The highest BCUT2D eigenvalue weighted by Gasteiger charge is 2.23. The van der Waals surface area contributed by atoms with Gasteiger partial charge in [0.15, 0.2) is 0 Å². The Morgan fingerprint density at radius 3 is 2.60 bits per heavy atom. The van der Waals surface area contributed by atoms with Crippen molar-refractivity contribution in [1.82, 2.24) is 14.9 Å². The van der Waals surface area contributed by atoms with Gasteiger partial charge in [-0.25, -0.2) is 0 Å². The normalized spacial score (nSPS) is 17.3. The molecule has 2 aromatic heterocycles. The second-order valence-electron chi connectivity index (χ2n) is 7.84. The lowest BCUT2D eigenvalue weighted by molar-refractivity contribution is -0.0348. The van der Waals surface area contributed by atoms with Gasteiger partial charge in [0.1, 0.15) is 6.10 Å². The Balaban J connectivity index is 1.27. The summed E-state index contributed by atoms with van der Waals surface area (Å²) in [6.07, 6.45) is 4.81. The Morgan fingerprint density at radius 2 is 1.73 bits per heavy atom. The Labute approximate surface area is 177 Å². The van der Waals surface area contributed by atoms with Gasteiger partial charge < -0.3 is 4.74 Å². The maximum Gasteiger partial charge on any atom is 0.112 e. The molecule has 0 amide bonds. The highest BCUT2D eigenvalue weighted by atomic mass is 16.5. The Hall–Kier alpha value is -3.08. The summed E-state index contributed by atoms with van der Waals surface area (Å²) in [5.41, 5.74) is 5.90. The standard InChI is InChI=1S/C26H25N3O/c1-2-6-20(7-3-1)16-21-10-11-25(28-17-21)26-19-29(14-15-30-26)18-22-12-13-27-24-9-5-4-8-23(22)24/h1-13,17,26H,14-16,18-19H2/t26-/m1/s1. The maximum atomic E-state index is 6.06. The number of ether oxygens (including phenoxy) is 1. The van der Waals surface area contributed by atoms with Gasteiger partial charge in [0.05, 0.1) is 17.8 Å². The van der Waals surface area contributed by atoms with Gasteiger partial charge >= 0.3 is 0 Å². The summed E-state index contributed by atoms with van der Waals surface area (Å²) in [5, 5.41) is 1.23. The highest BCUT2D eigenvalue weighted by Crippen LogP contribution is 2.24. The molecule has 4 nitrogen and oxygen atoms in total. The van der Waals surface area contributed by atoms with Crippen molar-refractivity contribution in [2.24, 2.45) is 0 Å². The van der Waals surface area contributed by atoms with Crippen molar-refractivity contribution in [3.05, 3.63) is 108 Å². The summed E-state index contributed by atoms with van der Waals surface area (Å²) in [6, 6.07) is 25.3. The van der Waals surface area contributed by atoms with E-state index in [1.54, 1.807) is 0 Å². The van der Waals surface area contributed by atoms with Crippen molar-refractivity contribution in [3.8, 4) is 0 Å². The molecule has 4 aromatic rings. The van der Waals surface area contributed by atoms with E-state index in [9.17, 15) is 0 Å². The predicted molar refractivity (Wildman–Crippen MR) is 119 cm³/mol. The molecule has 0 spiro atoms. The molecular weight excluding hydrogens is 370 g/mol. The number of rotatable bonds is 5. The number of nitrogens with zero attached hydrogens (tertiary/aromatic N) is 3. The molecule has 1 fully saturated rings. The maximum absolute atomic E-state index is 6.06. The van der Waals surface area contributed by atoms with E-state index in [-0.39, 0.29) is 6.10 Å². The number of morpholine rings is 1. The SMILES string of the molecule is c1ccc(Cc2ccc([C@H]3CN(Cc4ccnc5ccccc45)CCO3)nc2)cc1. The summed E-state index contributed by atoms with van der Waals surface area (Å²) < 4.78 is 6.06. The molecule has 2 aromatic carbocycles. The zero-order valence-corrected chi connectivity index (χ0v) is 16.9. The quantitative estimate of drug-likeness (QED) is 0.487. The second kappa shape index (κ2) is 8.74. The molecule has 1 aliphatic rings. The first-order chi connectivity index (χ1) is 14.8. The number of hydrogen-bond acceptors (Lipinski definition) is 4. The van der Waals surface area contributed by atoms with Gasteiger partial charge in [-0.05, 0) is 41.3 Å². The average molecular weight is 396 g/mol. The van der Waals surface area contributed by atoms with E-state index < -0.39 is 0 Å². The van der Waals surface area contributed by atoms with Crippen LogP contribution in [0.3, 0.4) is 0 Å². The van der Waals surface area contributed by atoms with Crippen LogP contribution in [0.2, 0.25) is 0 Å². The Morgan fingerprint density at radius 1 is 0.867 bits per heavy atom. The molecule has 3 heterocycles. The minimum atomic E-state index is 0.0117. The zero-order chi connectivity index (χ0) is 20.2. The first-order valence-electron chi connectivity index (χ1n) is 10.5. The molecule has 0 N–H and O–H groups in total. The third kappa shape index (κ3) is 4.25. The van der Waals surface area contributed by atoms with Gasteiger partial charge in [0, 0.05) is 37.4 Å². The molecule has 0 aliphatic carbocycles. The molecule has 1 atom stereocenters. The highest BCUT2D eigenvalue weighted by molar-refractivity contribution is 5.81. The van der Waals surface area contributed by atoms with Crippen LogP contribution in [0.4, 0.5) is 0 Å². The lowest BCUT2D eigenvalue weighted by atomic mass is 10.1. The number of aromatic nitrogens is 2. The third-order valence-electron chi connectivity index (χ3n) is 5.71. The third-order valence-corrected chi connectivity index (χ3v) is 5.71. The van der Waals surface area contributed by atoms with Gasteiger partial charge in [0.25, 0.3) is 0 Å². The fourth-order valence-electron chi connectivity index (χ4n) is 4.12. The predicted octanol–water partition coefficient (Wildman–Crippen LogP) is 4.79. The van der Waals surface area contributed by atoms with E-state index in [4.69, 9.17) is 9.72 Å². The van der Waals surface area contributed by atoms with Crippen LogP contribution in [0.25, 0.3) is 10.9 Å². The first-order valence-corrected chi connectivity index (χ1v) is 10.5. The minimum Gasteiger partial charge on any atom is -0.369 e. The van der Waals surface area contributed by atoms with E-state index in [0.29, 0.717) is 0 Å². The molecule has 4 heteroatoms. The molecule has 0 radical (unpaired) electrons. The number of fused-ring (bicyclic) bond motifs is 1. The van der Waals surface area contributed by atoms with Crippen molar-refractivity contribution in [2.75, 3.05) is 19.7 Å². The van der Waals surface area contributed by atoms with E-state index >= 15 is 0 Å². The fourth-order valence-corrected chi connectivity index (χ4v) is 4.12. The van der Waals surface area contributed by atoms with Gasteiger partial charge in [-0.2, -0.15) is 0 Å². The van der Waals surface area contributed by atoms with Crippen LogP contribution >= 0.6 is 0 Å². The zero-order valence-electron chi connectivity index (χ0n) is 16.9. The van der Waals surface area contributed by atoms with Gasteiger partial charge in [-0.3, -0.25) is 14.9 Å². The van der Waals surface area contributed by atoms with Crippen LogP contribution < -0.4 is 0 Å². The van der Waals surface area contributed by atoms with E-state index in [1.165, 1.54) is 22.1 Å². The molecule has 0 bridgehead atoms. The Kier molecular flexibility index (Phi) is 5.51. The largest absolute Gasteiger partial charge is 0.369 e. The van der Waals surface area contributed by atoms with Crippen molar-refractivity contribution in [3.63, 3.8) is 0 Å².